The summed E-state index contributed by atoms with van der Waals surface area (Å²) in [6.45, 7) is 0. The number of aromatic nitrogens is 1. The first-order valence-electron chi connectivity index (χ1n) is 3.75. The molecule has 0 aromatic carbocycles. The summed E-state index contributed by atoms with van der Waals surface area (Å²) in [5.74, 6) is -1.22. The van der Waals surface area contributed by atoms with Crippen molar-refractivity contribution in [3.8, 4) is 0 Å². The van der Waals surface area contributed by atoms with E-state index in [-0.39, 0.29) is 11.3 Å². The Morgan fingerprint density at radius 1 is 1.64 bits per heavy atom. The highest BCUT2D eigenvalue weighted by Crippen LogP contribution is 2.24. The van der Waals surface area contributed by atoms with E-state index in [9.17, 15) is 13.6 Å². The van der Waals surface area contributed by atoms with Crippen molar-refractivity contribution in [1.82, 2.24) is 4.98 Å². The molecule has 0 spiro atoms. The Morgan fingerprint density at radius 2 is 2.29 bits per heavy atom. The average Bonchev–Trinajstić information content (AvgIpc) is 2.07. The summed E-state index contributed by atoms with van der Waals surface area (Å²) in [6.07, 6.45) is -2.23. The molecule has 0 saturated carbocycles. The molecule has 3 N–H and O–H groups in total. The Labute approximate surface area is 78.4 Å². The van der Waals surface area contributed by atoms with Crippen molar-refractivity contribution in [3.63, 3.8) is 0 Å². The van der Waals surface area contributed by atoms with Crippen molar-refractivity contribution in [3.05, 3.63) is 23.5 Å². The predicted molar refractivity (Wildman–Crippen MR) is 44.9 cm³/mol. The molecule has 1 heterocycles. The quantitative estimate of drug-likeness (QED) is 0.772. The van der Waals surface area contributed by atoms with E-state index >= 15 is 0 Å². The van der Waals surface area contributed by atoms with Gasteiger partial charge in [0.2, 0.25) is 0 Å². The zero-order valence-corrected chi connectivity index (χ0v) is 7.08. The molecule has 0 atom stereocenters. The fourth-order valence-corrected chi connectivity index (χ4v) is 1.06. The van der Waals surface area contributed by atoms with Gasteiger partial charge < -0.3 is 10.8 Å². The molecule has 0 aliphatic carbocycles. The molecule has 0 aliphatic rings. The summed E-state index contributed by atoms with van der Waals surface area (Å²) in [7, 11) is 0. The standard InChI is InChI=1S/C8H8F2N2O2/c9-8(10)7-4(3-6(13)14)5(11)1-2-12-7/h1-2,8H,3H2,(H2,11,12)(H,13,14). The van der Waals surface area contributed by atoms with Crippen LogP contribution in [-0.4, -0.2) is 16.1 Å². The van der Waals surface area contributed by atoms with Crippen LogP contribution in [0.5, 0.6) is 0 Å². The van der Waals surface area contributed by atoms with Gasteiger partial charge in [-0.05, 0) is 6.07 Å². The second-order valence-corrected chi connectivity index (χ2v) is 2.64. The third-order valence-corrected chi connectivity index (χ3v) is 1.66. The van der Waals surface area contributed by atoms with E-state index in [1.165, 1.54) is 6.07 Å². The molecule has 0 fully saturated rings. The molecule has 14 heavy (non-hydrogen) atoms. The summed E-state index contributed by atoms with van der Waals surface area (Å²) in [5.41, 5.74) is 4.72. The summed E-state index contributed by atoms with van der Waals surface area (Å²) in [4.78, 5) is 13.8. The van der Waals surface area contributed by atoms with Gasteiger partial charge in [-0.2, -0.15) is 0 Å². The maximum Gasteiger partial charge on any atom is 0.307 e. The molecule has 1 rings (SSSR count). The zero-order valence-electron chi connectivity index (χ0n) is 7.08. The number of carbonyl (C=O) groups is 1. The Hall–Kier alpha value is -1.72. The lowest BCUT2D eigenvalue weighted by atomic mass is 10.1. The Morgan fingerprint density at radius 3 is 2.79 bits per heavy atom. The number of pyridine rings is 1. The smallest absolute Gasteiger partial charge is 0.307 e. The van der Waals surface area contributed by atoms with Gasteiger partial charge in [0.05, 0.1) is 6.42 Å². The summed E-state index contributed by atoms with van der Waals surface area (Å²) in [6, 6.07) is 1.30. The van der Waals surface area contributed by atoms with Crippen LogP contribution in [0.2, 0.25) is 0 Å². The van der Waals surface area contributed by atoms with Crippen LogP contribution >= 0.6 is 0 Å². The van der Waals surface area contributed by atoms with E-state index in [0.717, 1.165) is 6.20 Å². The summed E-state index contributed by atoms with van der Waals surface area (Å²) >= 11 is 0. The van der Waals surface area contributed by atoms with Crippen LogP contribution in [0.15, 0.2) is 12.3 Å². The van der Waals surface area contributed by atoms with Crippen LogP contribution in [0.3, 0.4) is 0 Å². The predicted octanol–water partition coefficient (Wildman–Crippen LogP) is 1.23. The van der Waals surface area contributed by atoms with Gasteiger partial charge in [-0.15, -0.1) is 0 Å². The van der Waals surface area contributed by atoms with Crippen molar-refractivity contribution in [2.75, 3.05) is 5.73 Å². The first-order valence-corrected chi connectivity index (χ1v) is 3.75. The molecular weight excluding hydrogens is 194 g/mol. The Balaban J connectivity index is 3.15. The van der Waals surface area contributed by atoms with E-state index < -0.39 is 24.5 Å². The van der Waals surface area contributed by atoms with Crippen LogP contribution < -0.4 is 5.73 Å². The van der Waals surface area contributed by atoms with Crippen LogP contribution in [0, 0.1) is 0 Å². The molecular formula is C8H8F2N2O2. The molecule has 1 aromatic rings. The van der Waals surface area contributed by atoms with Gasteiger partial charge >= 0.3 is 5.97 Å². The van der Waals surface area contributed by atoms with E-state index in [4.69, 9.17) is 10.8 Å². The van der Waals surface area contributed by atoms with E-state index in [1.807, 2.05) is 0 Å². The fraction of sp³-hybridized carbons (Fsp3) is 0.250. The molecule has 76 valence electrons. The van der Waals surface area contributed by atoms with Gasteiger partial charge in [0, 0.05) is 17.4 Å². The third-order valence-electron chi connectivity index (χ3n) is 1.66. The number of hydrogen-bond acceptors (Lipinski definition) is 3. The van der Waals surface area contributed by atoms with E-state index in [0.29, 0.717) is 0 Å². The van der Waals surface area contributed by atoms with Crippen molar-refractivity contribution in [1.29, 1.82) is 0 Å². The van der Waals surface area contributed by atoms with Gasteiger partial charge in [-0.3, -0.25) is 9.78 Å². The second kappa shape index (κ2) is 3.99. The molecule has 0 radical (unpaired) electrons. The maximum absolute atomic E-state index is 12.3. The fourth-order valence-electron chi connectivity index (χ4n) is 1.06. The number of rotatable bonds is 3. The molecule has 0 aliphatic heterocycles. The number of nitrogens with zero attached hydrogens (tertiary/aromatic N) is 1. The minimum atomic E-state index is -2.81. The van der Waals surface area contributed by atoms with Crippen LogP contribution in [0.4, 0.5) is 14.5 Å². The zero-order chi connectivity index (χ0) is 10.7. The number of carboxylic acid groups (broad SMARTS) is 1. The molecule has 0 amide bonds. The van der Waals surface area contributed by atoms with Gasteiger partial charge in [-0.25, -0.2) is 8.78 Å². The number of nitrogens with two attached hydrogens (primary N) is 1. The third kappa shape index (κ3) is 2.15. The molecule has 0 bridgehead atoms. The molecule has 4 nitrogen and oxygen atoms in total. The number of anilines is 1. The lowest BCUT2D eigenvalue weighted by molar-refractivity contribution is -0.136. The highest BCUT2D eigenvalue weighted by atomic mass is 19.3. The van der Waals surface area contributed by atoms with Gasteiger partial charge in [0.25, 0.3) is 6.43 Å². The molecule has 1 aromatic heterocycles. The number of nitrogen functional groups attached to an aromatic ring is 1. The SMILES string of the molecule is Nc1ccnc(C(F)F)c1CC(=O)O. The van der Waals surface area contributed by atoms with Crippen molar-refractivity contribution < 1.29 is 18.7 Å². The van der Waals surface area contributed by atoms with Gasteiger partial charge in [0.15, 0.2) is 0 Å². The number of alkyl halides is 2. The minimum Gasteiger partial charge on any atom is -0.481 e. The normalized spacial score (nSPS) is 10.5. The molecule has 6 heteroatoms. The number of halogens is 2. The molecule has 0 saturated heterocycles. The minimum absolute atomic E-state index is 0.0256. The average molecular weight is 202 g/mol. The molecule has 0 unspecified atom stereocenters. The maximum atomic E-state index is 12.3. The van der Waals surface area contributed by atoms with Crippen molar-refractivity contribution in [2.24, 2.45) is 0 Å². The lowest BCUT2D eigenvalue weighted by Gasteiger charge is -2.07. The van der Waals surface area contributed by atoms with Gasteiger partial charge in [0.1, 0.15) is 5.69 Å². The highest BCUT2D eigenvalue weighted by molar-refractivity contribution is 5.73. The van der Waals surface area contributed by atoms with Crippen molar-refractivity contribution in [2.45, 2.75) is 12.8 Å². The highest BCUT2D eigenvalue weighted by Gasteiger charge is 2.18. The monoisotopic (exact) mass is 202 g/mol. The number of aliphatic carboxylic acids is 1. The largest absolute Gasteiger partial charge is 0.481 e. The lowest BCUT2D eigenvalue weighted by Crippen LogP contribution is -2.09. The van der Waals surface area contributed by atoms with Crippen LogP contribution in [-0.2, 0) is 11.2 Å². The Kier molecular flexibility index (Phi) is 2.95. The van der Waals surface area contributed by atoms with E-state index in [2.05, 4.69) is 4.98 Å². The first-order chi connectivity index (χ1) is 6.52. The number of hydrogen-bond donors (Lipinski definition) is 2. The van der Waals surface area contributed by atoms with Crippen molar-refractivity contribution >= 4 is 11.7 Å². The van der Waals surface area contributed by atoms with Crippen LogP contribution in [0.1, 0.15) is 17.7 Å². The van der Waals surface area contributed by atoms with Crippen LogP contribution in [0.25, 0.3) is 0 Å². The van der Waals surface area contributed by atoms with E-state index in [1.54, 1.807) is 0 Å². The first kappa shape index (κ1) is 10.4. The summed E-state index contributed by atoms with van der Waals surface area (Å²) in [5, 5.41) is 8.47. The second-order valence-electron chi connectivity index (χ2n) is 2.64. The topological polar surface area (TPSA) is 76.2 Å². The number of carboxylic acids is 1. The Bertz CT molecular complexity index is 355. The van der Waals surface area contributed by atoms with Gasteiger partial charge in [-0.1, -0.05) is 0 Å². The summed E-state index contributed by atoms with van der Waals surface area (Å²) < 4.78 is 24.7.